The number of amides is 3. The van der Waals surface area contributed by atoms with Crippen molar-refractivity contribution >= 4 is 28.9 Å². The van der Waals surface area contributed by atoms with Crippen LogP contribution in [0.15, 0.2) is 12.1 Å². The first kappa shape index (κ1) is 31.3. The molecule has 2 N–H and O–H groups in total. The Balaban J connectivity index is 2.03. The number of hydrogen-bond acceptors (Lipinski definition) is 5. The maximum Gasteiger partial charge on any atom is 0.407 e. The number of ether oxygens (including phenoxy) is 1. The first-order chi connectivity index (χ1) is 18.7. The van der Waals surface area contributed by atoms with Crippen LogP contribution in [0.5, 0.6) is 0 Å². The van der Waals surface area contributed by atoms with Gasteiger partial charge in [-0.2, -0.15) is 0 Å². The van der Waals surface area contributed by atoms with Gasteiger partial charge in [0, 0.05) is 57.6 Å². The van der Waals surface area contributed by atoms with Crippen molar-refractivity contribution in [3.05, 3.63) is 29.6 Å². The molecule has 0 radical (unpaired) electrons. The zero-order valence-corrected chi connectivity index (χ0v) is 24.2. The van der Waals surface area contributed by atoms with Gasteiger partial charge >= 0.3 is 6.09 Å². The fourth-order valence-corrected chi connectivity index (χ4v) is 5.06. The second-order valence-corrected chi connectivity index (χ2v) is 11.9. The summed E-state index contributed by atoms with van der Waals surface area (Å²) in [7, 11) is 1.59. The Bertz CT molecular complexity index is 1230. The number of likely N-dealkylation sites (tertiary alicyclic amines) is 1. The number of aromatic nitrogens is 2. The lowest BCUT2D eigenvalue weighted by Gasteiger charge is -2.42. The molecule has 0 saturated carbocycles. The van der Waals surface area contributed by atoms with Gasteiger partial charge in [0.15, 0.2) is 17.5 Å². The maximum absolute atomic E-state index is 14.2. The van der Waals surface area contributed by atoms with Gasteiger partial charge in [0.1, 0.15) is 0 Å². The summed E-state index contributed by atoms with van der Waals surface area (Å²) in [5, 5.41) is 12.8. The zero-order chi connectivity index (χ0) is 29.8. The van der Waals surface area contributed by atoms with Crippen LogP contribution in [0.2, 0.25) is 0 Å². The molecule has 0 unspecified atom stereocenters. The fraction of sp³-hybridized carbons (Fsp3) is 0.643. The summed E-state index contributed by atoms with van der Waals surface area (Å²) in [6.45, 7) is 10.6. The highest BCUT2D eigenvalue weighted by Crippen LogP contribution is 2.27. The van der Waals surface area contributed by atoms with Gasteiger partial charge in [-0.1, -0.05) is 13.8 Å². The van der Waals surface area contributed by atoms with E-state index in [1.54, 1.807) is 16.6 Å². The molecule has 1 aromatic heterocycles. The smallest absolute Gasteiger partial charge is 0.407 e. The van der Waals surface area contributed by atoms with Crippen molar-refractivity contribution in [1.29, 1.82) is 0 Å². The van der Waals surface area contributed by atoms with E-state index in [0.29, 0.717) is 31.5 Å². The number of halogens is 2. The number of carboxylic acid groups (broad SMARTS) is 1. The average Bonchev–Trinajstić information content (AvgIpc) is 3.20. The summed E-state index contributed by atoms with van der Waals surface area (Å²) in [5.74, 6) is -3.50. The van der Waals surface area contributed by atoms with E-state index in [4.69, 9.17) is 4.74 Å². The molecule has 40 heavy (non-hydrogen) atoms. The minimum atomic E-state index is -1.17. The predicted molar refractivity (Wildman–Crippen MR) is 146 cm³/mol. The van der Waals surface area contributed by atoms with Gasteiger partial charge in [0.2, 0.25) is 5.91 Å². The van der Waals surface area contributed by atoms with E-state index in [-0.39, 0.29) is 49.2 Å². The highest BCUT2D eigenvalue weighted by molar-refractivity contribution is 5.95. The second kappa shape index (κ2) is 12.9. The molecule has 0 aliphatic carbocycles. The first-order valence-electron chi connectivity index (χ1n) is 13.7. The van der Waals surface area contributed by atoms with E-state index in [9.17, 15) is 28.3 Å². The first-order valence-corrected chi connectivity index (χ1v) is 13.7. The van der Waals surface area contributed by atoms with Gasteiger partial charge in [0.25, 0.3) is 5.91 Å². The summed E-state index contributed by atoms with van der Waals surface area (Å²) in [6, 6.07) is 1.40. The van der Waals surface area contributed by atoms with Gasteiger partial charge in [-0.3, -0.25) is 9.59 Å². The molecule has 1 fully saturated rings. The van der Waals surface area contributed by atoms with Gasteiger partial charge < -0.3 is 29.5 Å². The fourth-order valence-electron chi connectivity index (χ4n) is 5.06. The SMILES string of the molecule is COCCCCn1c(C(=O)N(CC(C)C)[C@H]2C[C@@H](C(=O)NC(C)(C)C)CN(C(=O)O)C2)nc2cc(F)c(F)cc21. The number of nitrogens with zero attached hydrogens (tertiary/aromatic N) is 4. The van der Waals surface area contributed by atoms with Crippen LogP contribution in [0, 0.1) is 23.5 Å². The Morgan fingerprint density at radius 1 is 1.18 bits per heavy atom. The van der Waals surface area contributed by atoms with Crippen LogP contribution in [0.25, 0.3) is 11.0 Å². The molecule has 3 amide bonds. The van der Waals surface area contributed by atoms with Crippen molar-refractivity contribution in [1.82, 2.24) is 24.7 Å². The molecule has 1 aliphatic rings. The topological polar surface area (TPSA) is 117 Å². The molecule has 1 aliphatic heterocycles. The summed E-state index contributed by atoms with van der Waals surface area (Å²) < 4.78 is 35.0. The number of aryl methyl sites for hydroxylation is 1. The number of imidazole rings is 1. The number of rotatable bonds is 10. The van der Waals surface area contributed by atoms with Crippen LogP contribution in [-0.2, 0) is 16.1 Å². The molecule has 1 aromatic carbocycles. The Morgan fingerprint density at radius 3 is 2.45 bits per heavy atom. The molecular weight excluding hydrogens is 524 g/mol. The van der Waals surface area contributed by atoms with E-state index in [2.05, 4.69) is 10.3 Å². The number of carbonyl (C=O) groups excluding carboxylic acids is 2. The van der Waals surface area contributed by atoms with Crippen molar-refractivity contribution in [3.63, 3.8) is 0 Å². The molecule has 222 valence electrons. The molecule has 10 nitrogen and oxygen atoms in total. The quantitative estimate of drug-likeness (QED) is 0.419. The molecular formula is C28H41F2N5O5. The van der Waals surface area contributed by atoms with E-state index >= 15 is 0 Å². The largest absolute Gasteiger partial charge is 0.465 e. The van der Waals surface area contributed by atoms with Crippen LogP contribution in [0.3, 0.4) is 0 Å². The average molecular weight is 566 g/mol. The summed E-state index contributed by atoms with van der Waals surface area (Å²) in [5.41, 5.74) is -0.0665. The monoisotopic (exact) mass is 565 g/mol. The summed E-state index contributed by atoms with van der Waals surface area (Å²) in [6.07, 6.45) is 0.381. The Kier molecular flexibility index (Phi) is 10.1. The third-order valence-electron chi connectivity index (χ3n) is 6.79. The molecule has 3 rings (SSSR count). The lowest BCUT2D eigenvalue weighted by atomic mass is 9.91. The number of benzene rings is 1. The summed E-state index contributed by atoms with van der Waals surface area (Å²) >= 11 is 0. The maximum atomic E-state index is 14.2. The molecule has 1 saturated heterocycles. The Morgan fingerprint density at radius 2 is 1.85 bits per heavy atom. The number of fused-ring (bicyclic) bond motifs is 1. The van der Waals surface area contributed by atoms with E-state index < -0.39 is 41.1 Å². The van der Waals surface area contributed by atoms with Crippen molar-refractivity contribution < 1.29 is 33.0 Å². The molecule has 2 heterocycles. The van der Waals surface area contributed by atoms with Crippen LogP contribution in [0.1, 0.15) is 64.5 Å². The van der Waals surface area contributed by atoms with Crippen LogP contribution in [-0.4, -0.2) is 87.3 Å². The standard InChI is InChI=1S/C28H41F2N5O5/c1-17(2)14-35(19-11-18(15-33(16-19)27(38)39)25(36)32-28(3,4)5)26(37)24-31-22-12-20(29)21(30)13-23(22)34(24)9-7-8-10-40-6/h12-13,17-19H,7-11,14-16H2,1-6H3,(H,32,36)(H,38,39)/t18-,19+/m1/s1. The van der Waals surface area contributed by atoms with Crippen molar-refractivity contribution in [2.24, 2.45) is 11.8 Å². The van der Waals surface area contributed by atoms with Gasteiger partial charge in [-0.15, -0.1) is 0 Å². The number of unbranched alkanes of at least 4 members (excludes halogenated alkanes) is 1. The van der Waals surface area contributed by atoms with Crippen LogP contribution in [0.4, 0.5) is 13.6 Å². The molecule has 2 aromatic rings. The van der Waals surface area contributed by atoms with Gasteiger partial charge in [0.05, 0.1) is 23.0 Å². The van der Waals surface area contributed by atoms with E-state index in [1.807, 2.05) is 34.6 Å². The van der Waals surface area contributed by atoms with Crippen LogP contribution >= 0.6 is 0 Å². The minimum absolute atomic E-state index is 0.0143. The second-order valence-electron chi connectivity index (χ2n) is 11.9. The van der Waals surface area contributed by atoms with E-state index in [1.165, 1.54) is 4.90 Å². The van der Waals surface area contributed by atoms with Crippen molar-refractivity contribution in [3.8, 4) is 0 Å². The van der Waals surface area contributed by atoms with Crippen LogP contribution < -0.4 is 5.32 Å². The number of methoxy groups -OCH3 is 1. The number of piperidine rings is 1. The van der Waals surface area contributed by atoms with Gasteiger partial charge in [-0.25, -0.2) is 18.6 Å². The van der Waals surface area contributed by atoms with E-state index in [0.717, 1.165) is 12.1 Å². The molecule has 0 bridgehead atoms. The highest BCUT2D eigenvalue weighted by atomic mass is 19.2. The molecule has 12 heteroatoms. The number of hydrogen-bond donors (Lipinski definition) is 2. The third-order valence-corrected chi connectivity index (χ3v) is 6.79. The Hall–Kier alpha value is -3.28. The van der Waals surface area contributed by atoms with Crippen molar-refractivity contribution in [2.75, 3.05) is 33.4 Å². The lowest BCUT2D eigenvalue weighted by molar-refractivity contribution is -0.128. The Labute approximate surface area is 233 Å². The lowest BCUT2D eigenvalue weighted by Crippen LogP contribution is -2.58. The minimum Gasteiger partial charge on any atom is -0.465 e. The number of nitrogens with one attached hydrogen (secondary N) is 1. The normalized spacial score (nSPS) is 17.9. The zero-order valence-electron chi connectivity index (χ0n) is 24.2. The van der Waals surface area contributed by atoms with Gasteiger partial charge in [-0.05, 0) is 46.0 Å². The van der Waals surface area contributed by atoms with Crippen molar-refractivity contribution in [2.45, 2.75) is 72.0 Å². The molecule has 2 atom stereocenters. The highest BCUT2D eigenvalue weighted by Gasteiger charge is 2.40. The molecule has 0 spiro atoms. The number of carbonyl (C=O) groups is 3. The summed E-state index contributed by atoms with van der Waals surface area (Å²) in [4.78, 5) is 46.5. The predicted octanol–water partition coefficient (Wildman–Crippen LogP) is 4.12. The third kappa shape index (κ3) is 7.67.